The molecule has 5 rings (SSSR count). The number of hydrogen-bond donors (Lipinski definition) is 3. The molecule has 3 aliphatic heterocycles. The number of aliphatic hydroxyl groups is 1. The van der Waals surface area contributed by atoms with Gasteiger partial charge in [0.25, 0.3) is 0 Å². The van der Waals surface area contributed by atoms with E-state index in [1.165, 1.54) is 0 Å². The predicted octanol–water partition coefficient (Wildman–Crippen LogP) is 4.61. The molecular formula is C32H42N4O4S. The summed E-state index contributed by atoms with van der Waals surface area (Å²) in [4.78, 5) is 46.0. The van der Waals surface area contributed by atoms with Crippen molar-refractivity contribution in [2.45, 2.75) is 69.0 Å². The fourth-order valence-electron chi connectivity index (χ4n) is 7.21. The van der Waals surface area contributed by atoms with Crippen molar-refractivity contribution in [1.82, 2.24) is 4.90 Å². The first-order valence-electron chi connectivity index (χ1n) is 14.9. The third kappa shape index (κ3) is 5.34. The first-order chi connectivity index (χ1) is 19.7. The van der Waals surface area contributed by atoms with E-state index in [-0.39, 0.29) is 35.5 Å². The zero-order valence-electron chi connectivity index (χ0n) is 24.4. The van der Waals surface area contributed by atoms with Crippen molar-refractivity contribution in [3.05, 3.63) is 54.6 Å². The summed E-state index contributed by atoms with van der Waals surface area (Å²) in [6.07, 6.45) is 2.02. The Morgan fingerprint density at radius 2 is 1.66 bits per heavy atom. The number of fused-ring (bicyclic) bond motifs is 1. The molecule has 9 heteroatoms. The number of nitrogens with one attached hydrogen (secondary N) is 2. The molecule has 3 amide bonds. The van der Waals surface area contributed by atoms with E-state index in [1.54, 1.807) is 16.7 Å². The lowest BCUT2D eigenvalue weighted by Crippen LogP contribution is -2.55. The van der Waals surface area contributed by atoms with Gasteiger partial charge in [0.15, 0.2) is 0 Å². The maximum Gasteiger partial charge on any atom is 0.248 e. The topological polar surface area (TPSA) is 102 Å². The Morgan fingerprint density at radius 1 is 1.02 bits per heavy atom. The number of amides is 3. The van der Waals surface area contributed by atoms with Gasteiger partial charge in [-0.3, -0.25) is 14.4 Å². The van der Waals surface area contributed by atoms with Gasteiger partial charge in [0.05, 0.1) is 29.2 Å². The number of carbonyl (C=O) groups is 3. The van der Waals surface area contributed by atoms with Gasteiger partial charge in [-0.25, -0.2) is 0 Å². The van der Waals surface area contributed by atoms with Crippen LogP contribution >= 0.6 is 11.8 Å². The van der Waals surface area contributed by atoms with Crippen molar-refractivity contribution >= 4 is 46.5 Å². The molecule has 6 atom stereocenters. The van der Waals surface area contributed by atoms with Crippen LogP contribution < -0.4 is 15.5 Å². The summed E-state index contributed by atoms with van der Waals surface area (Å²) in [6, 6.07) is 15.8. The molecule has 3 aliphatic rings. The van der Waals surface area contributed by atoms with Crippen molar-refractivity contribution in [2.75, 3.05) is 35.2 Å². The van der Waals surface area contributed by atoms with Gasteiger partial charge in [-0.2, -0.15) is 0 Å². The molecule has 0 aliphatic carbocycles. The SMILES string of the molecule is CCN(CC)c1ccc(NC(=O)C2N([C@@H](CO)CC(C)C)C(=O)[C@@H]3[C@@H](C(=O)Nc4ccccc4)[C@H]4CCC23S4)cc1. The minimum atomic E-state index is -0.775. The molecule has 2 aromatic rings. The second kappa shape index (κ2) is 12.1. The van der Waals surface area contributed by atoms with Crippen LogP contribution in [0.2, 0.25) is 0 Å². The molecule has 1 spiro atoms. The average molecular weight is 579 g/mol. The quantitative estimate of drug-likeness (QED) is 0.360. The number of benzene rings is 2. The van der Waals surface area contributed by atoms with Gasteiger partial charge >= 0.3 is 0 Å². The van der Waals surface area contributed by atoms with E-state index in [9.17, 15) is 19.5 Å². The smallest absolute Gasteiger partial charge is 0.248 e. The Bertz CT molecular complexity index is 1250. The van der Waals surface area contributed by atoms with Gasteiger partial charge in [0, 0.05) is 35.4 Å². The molecular weight excluding hydrogens is 536 g/mol. The number of anilines is 3. The van der Waals surface area contributed by atoms with E-state index in [0.29, 0.717) is 24.2 Å². The molecule has 0 aromatic heterocycles. The number of likely N-dealkylation sites (tertiary alicyclic amines) is 1. The standard InChI is InChI=1S/C32H42N4O4S/c1-5-35(6-2)23-14-12-22(13-15-23)34-30(39)28-32-17-16-25(41-32)26(29(38)33-21-10-8-7-9-11-21)27(32)31(40)36(28)24(19-37)18-20(3)4/h7-15,20,24-28,37H,5-6,16-19H2,1-4H3,(H,33,38)(H,34,39)/t24-,25-,26+,27+,28?,32?/m1/s1. The second-order valence-electron chi connectivity index (χ2n) is 11.8. The largest absolute Gasteiger partial charge is 0.394 e. The van der Waals surface area contributed by atoms with Crippen LogP contribution in [0.5, 0.6) is 0 Å². The summed E-state index contributed by atoms with van der Waals surface area (Å²) in [6.45, 7) is 9.86. The summed E-state index contributed by atoms with van der Waals surface area (Å²) in [5, 5.41) is 16.5. The molecule has 2 aromatic carbocycles. The van der Waals surface area contributed by atoms with Crippen molar-refractivity contribution in [3.8, 4) is 0 Å². The Balaban J connectivity index is 1.47. The number of aliphatic hydroxyl groups excluding tert-OH is 1. The van der Waals surface area contributed by atoms with Crippen molar-refractivity contribution in [2.24, 2.45) is 17.8 Å². The minimum Gasteiger partial charge on any atom is -0.394 e. The third-order valence-corrected chi connectivity index (χ3v) is 10.9. The maximum atomic E-state index is 14.3. The summed E-state index contributed by atoms with van der Waals surface area (Å²) >= 11 is 1.64. The van der Waals surface area contributed by atoms with E-state index in [1.807, 2.05) is 68.4 Å². The summed E-state index contributed by atoms with van der Waals surface area (Å²) in [7, 11) is 0. The number of thioether (sulfide) groups is 1. The van der Waals surface area contributed by atoms with Crippen molar-refractivity contribution < 1.29 is 19.5 Å². The number of hydrogen-bond acceptors (Lipinski definition) is 6. The monoisotopic (exact) mass is 578 g/mol. The molecule has 3 heterocycles. The summed E-state index contributed by atoms with van der Waals surface area (Å²) in [5.41, 5.74) is 2.44. The zero-order chi connectivity index (χ0) is 29.3. The van der Waals surface area contributed by atoms with Crippen LogP contribution in [0.1, 0.15) is 47.0 Å². The highest BCUT2D eigenvalue weighted by Gasteiger charge is 2.74. The summed E-state index contributed by atoms with van der Waals surface area (Å²) in [5.74, 6) is -1.55. The van der Waals surface area contributed by atoms with E-state index in [2.05, 4.69) is 29.4 Å². The average Bonchev–Trinajstić information content (AvgIpc) is 3.61. The second-order valence-corrected chi connectivity index (χ2v) is 13.4. The van der Waals surface area contributed by atoms with Crippen LogP contribution in [0.15, 0.2) is 54.6 Å². The van der Waals surface area contributed by atoms with Gasteiger partial charge in [-0.15, -0.1) is 11.8 Å². The van der Waals surface area contributed by atoms with Crippen LogP contribution in [0.3, 0.4) is 0 Å². The van der Waals surface area contributed by atoms with Gasteiger partial charge in [0.1, 0.15) is 6.04 Å². The first-order valence-corrected chi connectivity index (χ1v) is 15.7. The van der Waals surface area contributed by atoms with Gasteiger partial charge in [-0.05, 0) is 75.4 Å². The molecule has 0 radical (unpaired) electrons. The normalized spacial score (nSPS) is 27.2. The van der Waals surface area contributed by atoms with E-state index < -0.39 is 28.7 Å². The van der Waals surface area contributed by atoms with E-state index >= 15 is 0 Å². The van der Waals surface area contributed by atoms with Crippen LogP contribution in [0, 0.1) is 17.8 Å². The van der Waals surface area contributed by atoms with Crippen LogP contribution in [-0.4, -0.2) is 69.5 Å². The number of carbonyl (C=O) groups excluding carboxylic acids is 3. The lowest BCUT2D eigenvalue weighted by molar-refractivity contribution is -0.141. The molecule has 3 saturated heterocycles. The highest BCUT2D eigenvalue weighted by molar-refractivity contribution is 8.02. The predicted molar refractivity (Wildman–Crippen MR) is 165 cm³/mol. The molecule has 2 unspecified atom stereocenters. The molecule has 41 heavy (non-hydrogen) atoms. The Labute approximate surface area is 247 Å². The van der Waals surface area contributed by atoms with E-state index in [0.717, 1.165) is 25.2 Å². The third-order valence-electron chi connectivity index (χ3n) is 8.94. The van der Waals surface area contributed by atoms with Gasteiger partial charge < -0.3 is 25.5 Å². The molecule has 3 fully saturated rings. The number of rotatable bonds is 11. The lowest BCUT2D eigenvalue weighted by atomic mass is 9.70. The fraction of sp³-hybridized carbons (Fsp3) is 0.531. The van der Waals surface area contributed by atoms with Crippen molar-refractivity contribution in [1.29, 1.82) is 0 Å². The Kier molecular flexibility index (Phi) is 8.66. The zero-order valence-corrected chi connectivity index (χ0v) is 25.2. The van der Waals surface area contributed by atoms with Gasteiger partial charge in [0.2, 0.25) is 17.7 Å². The Hall–Kier alpha value is -3.04. The highest BCUT2D eigenvalue weighted by atomic mass is 32.2. The van der Waals surface area contributed by atoms with Crippen LogP contribution in [0.4, 0.5) is 17.1 Å². The summed E-state index contributed by atoms with van der Waals surface area (Å²) < 4.78 is -0.712. The molecule has 3 N–H and O–H groups in total. The fourth-order valence-corrected chi connectivity index (χ4v) is 9.41. The Morgan fingerprint density at radius 3 is 2.27 bits per heavy atom. The maximum absolute atomic E-state index is 14.3. The molecule has 2 bridgehead atoms. The first kappa shape index (κ1) is 29.5. The number of para-hydroxylation sites is 1. The number of nitrogens with zero attached hydrogens (tertiary/aromatic N) is 2. The van der Waals surface area contributed by atoms with Crippen molar-refractivity contribution in [3.63, 3.8) is 0 Å². The lowest BCUT2D eigenvalue weighted by Gasteiger charge is -2.37. The molecule has 0 saturated carbocycles. The molecule has 220 valence electrons. The van der Waals surface area contributed by atoms with E-state index in [4.69, 9.17) is 0 Å². The van der Waals surface area contributed by atoms with Crippen LogP contribution in [0.25, 0.3) is 0 Å². The minimum absolute atomic E-state index is 0.0314. The molecule has 8 nitrogen and oxygen atoms in total. The van der Waals surface area contributed by atoms with Gasteiger partial charge in [-0.1, -0.05) is 32.0 Å². The van der Waals surface area contributed by atoms with Crippen LogP contribution in [-0.2, 0) is 14.4 Å². The highest BCUT2D eigenvalue weighted by Crippen LogP contribution is 2.66.